The molecule has 0 aliphatic heterocycles. The molecule has 0 saturated carbocycles. The van der Waals surface area contributed by atoms with Gasteiger partial charge in [0, 0.05) is 27.5 Å². The van der Waals surface area contributed by atoms with Gasteiger partial charge in [0.15, 0.2) is 0 Å². The van der Waals surface area contributed by atoms with Crippen LogP contribution in [0.2, 0.25) is 0 Å². The minimum absolute atomic E-state index is 0. The molecule has 0 aliphatic carbocycles. The van der Waals surface area contributed by atoms with Crippen molar-refractivity contribution in [3.8, 4) is 0 Å². The first-order valence-electron chi connectivity index (χ1n) is 1.84. The molecule has 0 N–H and O–H groups in total. The van der Waals surface area contributed by atoms with Crippen LogP contribution in [0.25, 0.3) is 0 Å². The molecule has 0 saturated heterocycles. The van der Waals surface area contributed by atoms with Gasteiger partial charge in [0.2, 0.25) is 0 Å². The van der Waals surface area contributed by atoms with Gasteiger partial charge in [0.1, 0.15) is 0 Å². The molecule has 0 aromatic rings. The molecular weight excluding hydrogens is 523 g/mol. The van der Waals surface area contributed by atoms with Crippen molar-refractivity contribution in [1.82, 2.24) is 0 Å². The van der Waals surface area contributed by atoms with E-state index in [1.54, 1.807) is 0 Å². The average molecular weight is 535 g/mol. The van der Waals surface area contributed by atoms with Gasteiger partial charge in [-0.3, -0.25) is 0 Å². The van der Waals surface area contributed by atoms with Crippen molar-refractivity contribution in [2.24, 2.45) is 0 Å². The third-order valence-corrected chi connectivity index (χ3v) is 0. The predicted octanol–water partition coefficient (Wildman–Crippen LogP) is -14.9. The summed E-state index contributed by atoms with van der Waals surface area (Å²) in [6.07, 6.45) is 0. The number of hydrogen-bond donors (Lipinski definition) is 0. The van der Waals surface area contributed by atoms with E-state index in [0.29, 0.717) is 0 Å². The molecule has 0 fully saturated rings. The van der Waals surface area contributed by atoms with Gasteiger partial charge >= 0.3 is 261 Å². The third-order valence-electron chi connectivity index (χ3n) is 0. The molecule has 0 rings (SSSR count). The zero-order chi connectivity index (χ0) is 10.7. The van der Waals surface area contributed by atoms with E-state index >= 15 is 0 Å². The molecule has 0 atom stereocenters. The molecule has 0 bridgehead atoms. The second kappa shape index (κ2) is 63.3. The average Bonchev–Trinajstić information content (AvgIpc) is 1.54. The van der Waals surface area contributed by atoms with E-state index in [1.807, 2.05) is 0 Å². The van der Waals surface area contributed by atoms with Gasteiger partial charge in [-0.25, -0.2) is 0 Å². The Hall–Kier alpha value is 7.47. The Balaban J connectivity index is -0.00000000562. The van der Waals surface area contributed by atoms with Crippen molar-refractivity contribution in [3.63, 3.8) is 0 Å². The SMILES string of the molecule is O=[Si]([O-])[O-].O=[Si]([O-])[O-].O=[Si]([O-])[O-].[Al+3].[Al+3].[CaH2].[CaH2].[CaH2].[CaH2].[CaH2].[CaH2]. The van der Waals surface area contributed by atoms with Crippen LogP contribution in [0.3, 0.4) is 0 Å². The van der Waals surface area contributed by atoms with Gasteiger partial charge in [0.25, 0.3) is 0 Å². The zero-order valence-electron chi connectivity index (χ0n) is 6.33. The molecule has 0 unspecified atom stereocenters. The van der Waals surface area contributed by atoms with Crippen LogP contribution in [-0.4, -0.2) is 289 Å². The topological polar surface area (TPSA) is 190 Å². The van der Waals surface area contributed by atoms with E-state index in [1.165, 1.54) is 0 Å². The normalized spacial score (nSPS) is 3.60. The van der Waals surface area contributed by atoms with Gasteiger partial charge in [-0.15, -0.1) is 0 Å². The van der Waals surface area contributed by atoms with E-state index in [0.717, 1.165) is 0 Å². The summed E-state index contributed by atoms with van der Waals surface area (Å²) in [5, 5.41) is 0. The molecule has 96 valence electrons. The van der Waals surface area contributed by atoms with Crippen LogP contribution in [0.1, 0.15) is 0 Å². The Bertz CT molecular complexity index is 133. The fourth-order valence-electron chi connectivity index (χ4n) is 0. The van der Waals surface area contributed by atoms with Crippen LogP contribution in [0.4, 0.5) is 0 Å². The molecule has 0 aliphatic rings. The fraction of sp³-hybridized carbons (Fsp3) is 0. The van der Waals surface area contributed by atoms with E-state index in [2.05, 4.69) is 0 Å². The van der Waals surface area contributed by atoms with Crippen molar-refractivity contribution in [2.45, 2.75) is 0 Å². The van der Waals surface area contributed by atoms with E-state index in [-0.39, 0.29) is 261 Å². The van der Waals surface area contributed by atoms with Crippen molar-refractivity contribution in [1.29, 1.82) is 0 Å². The maximum atomic E-state index is 8.52. The monoisotopic (exact) mass is 534 g/mol. The second-order valence-electron chi connectivity index (χ2n) is 0.750. The van der Waals surface area contributed by atoms with Crippen LogP contribution in [-0.2, 0) is 13.4 Å². The first-order valence-corrected chi connectivity index (χ1v) is 5.51. The molecule has 0 spiro atoms. The van der Waals surface area contributed by atoms with Crippen molar-refractivity contribution in [3.05, 3.63) is 0 Å². The Morgan fingerprint density at radius 1 is 0.400 bits per heavy atom. The molecule has 0 radical (unpaired) electrons. The Morgan fingerprint density at radius 3 is 0.400 bits per heavy atom. The van der Waals surface area contributed by atoms with E-state index in [9.17, 15) is 0 Å². The van der Waals surface area contributed by atoms with Gasteiger partial charge in [0.05, 0.1) is 0 Å². The van der Waals surface area contributed by atoms with Gasteiger partial charge in [-0.1, -0.05) is 0 Å². The number of hydrogen-bond acceptors (Lipinski definition) is 9. The third kappa shape index (κ3) is 273. The summed E-state index contributed by atoms with van der Waals surface area (Å²) < 4.78 is 25.6. The zero-order valence-corrected chi connectivity index (χ0v) is 11.6. The summed E-state index contributed by atoms with van der Waals surface area (Å²) in [7, 11) is -10.9. The standard InChI is InChI=1S/2Al.6Ca.3O3Si.12H/c;;;;;;;;3*1-4(2)3;;;;;;;;;;;;/q2*+3;;;;;;;3*-2;;;;;;;;;;;;. The summed E-state index contributed by atoms with van der Waals surface area (Å²) in [6.45, 7) is 0. The Labute approximate surface area is 321 Å². The van der Waals surface area contributed by atoms with Gasteiger partial charge in [-0.05, 0) is 0 Å². The minimum atomic E-state index is -3.63. The Morgan fingerprint density at radius 2 is 0.400 bits per heavy atom. The van der Waals surface area contributed by atoms with Crippen LogP contribution < -0.4 is 28.8 Å². The summed E-state index contributed by atoms with van der Waals surface area (Å²) in [5.74, 6) is 0. The van der Waals surface area contributed by atoms with Gasteiger partial charge in [-0.2, -0.15) is 0 Å². The number of rotatable bonds is 0. The van der Waals surface area contributed by atoms with Crippen LogP contribution in [0.15, 0.2) is 0 Å². The summed E-state index contributed by atoms with van der Waals surface area (Å²) in [5.41, 5.74) is 0. The first-order chi connectivity index (χ1) is 5.20. The first kappa shape index (κ1) is 71.0. The quantitative estimate of drug-likeness (QED) is 0.272. The van der Waals surface area contributed by atoms with Crippen molar-refractivity contribution >= 4 is 289 Å². The molecule has 0 aromatic heterocycles. The van der Waals surface area contributed by atoms with Gasteiger partial charge < -0.3 is 42.2 Å². The Kier molecular flexibility index (Phi) is 225. The van der Waals surface area contributed by atoms with Crippen LogP contribution in [0.5, 0.6) is 0 Å². The molecular formula is H12Al2Ca6O9Si3. The van der Waals surface area contributed by atoms with E-state index < -0.39 is 27.5 Å². The summed E-state index contributed by atoms with van der Waals surface area (Å²) in [4.78, 5) is 51.1. The van der Waals surface area contributed by atoms with Crippen LogP contribution >= 0.6 is 0 Å². The molecule has 20 heavy (non-hydrogen) atoms. The summed E-state index contributed by atoms with van der Waals surface area (Å²) >= 11 is 0. The molecule has 0 amide bonds. The van der Waals surface area contributed by atoms with Crippen molar-refractivity contribution in [2.75, 3.05) is 0 Å². The molecule has 0 aromatic carbocycles. The molecule has 0 heterocycles. The maximum absolute atomic E-state index is 8.52. The summed E-state index contributed by atoms with van der Waals surface area (Å²) in [6, 6.07) is 0. The van der Waals surface area contributed by atoms with Crippen LogP contribution in [0, 0.1) is 0 Å². The molecule has 9 nitrogen and oxygen atoms in total. The van der Waals surface area contributed by atoms with Crippen molar-refractivity contribution < 1.29 is 42.2 Å². The van der Waals surface area contributed by atoms with E-state index in [4.69, 9.17) is 42.2 Å². The predicted molar refractivity (Wildman–Crippen MR) is 82.1 cm³/mol. The molecule has 20 heteroatoms. The second-order valence-corrected chi connectivity index (χ2v) is 2.25. The fourth-order valence-corrected chi connectivity index (χ4v) is 0.